The van der Waals surface area contributed by atoms with Crippen LogP contribution in [0.15, 0.2) is 48.5 Å². The number of Topliss-reactive ketones (excluding diaryl/α,β-unsaturated/α-hetero) is 1. The number of carbonyl (C=O) groups excluding carboxylic acids is 1. The maximum atomic E-state index is 12.7. The lowest BCUT2D eigenvalue weighted by atomic mass is 9.64. The zero-order valence-electron chi connectivity index (χ0n) is 14.2. The molecule has 2 aromatic rings. The molecule has 1 N–H and O–H groups in total. The maximum absolute atomic E-state index is 12.7. The summed E-state index contributed by atoms with van der Waals surface area (Å²) in [6, 6.07) is 17.6. The molecule has 0 bridgehead atoms. The number of hydrogen-bond acceptors (Lipinski definition) is 2. The molecule has 0 radical (unpaired) electrons. The van der Waals surface area contributed by atoms with Gasteiger partial charge in [-0.15, -0.1) is 0 Å². The first kappa shape index (κ1) is 15.6. The van der Waals surface area contributed by atoms with Gasteiger partial charge in [0.05, 0.1) is 5.41 Å². The van der Waals surface area contributed by atoms with Gasteiger partial charge in [0.25, 0.3) is 0 Å². The molecule has 0 atom stereocenters. The van der Waals surface area contributed by atoms with E-state index in [1.165, 1.54) is 22.3 Å². The van der Waals surface area contributed by atoms with Crippen LogP contribution < -0.4 is 5.32 Å². The molecule has 24 heavy (non-hydrogen) atoms. The van der Waals surface area contributed by atoms with Crippen LogP contribution in [0, 0.1) is 0 Å². The Balaban J connectivity index is 1.58. The van der Waals surface area contributed by atoms with Crippen LogP contribution in [-0.4, -0.2) is 18.9 Å². The summed E-state index contributed by atoms with van der Waals surface area (Å²) in [4.78, 5) is 12.7. The van der Waals surface area contributed by atoms with Gasteiger partial charge in [-0.3, -0.25) is 4.79 Å². The predicted octanol–water partition coefficient (Wildman–Crippen LogP) is 3.61. The van der Waals surface area contributed by atoms with Crippen molar-refractivity contribution in [3.63, 3.8) is 0 Å². The summed E-state index contributed by atoms with van der Waals surface area (Å²) in [6.45, 7) is 1.92. The number of nitrogens with one attached hydrogen (secondary N) is 1. The van der Waals surface area contributed by atoms with Crippen molar-refractivity contribution in [2.24, 2.45) is 0 Å². The van der Waals surface area contributed by atoms with E-state index < -0.39 is 0 Å². The normalized spacial score (nSPS) is 19.2. The van der Waals surface area contributed by atoms with Gasteiger partial charge >= 0.3 is 0 Å². The van der Waals surface area contributed by atoms with E-state index in [1.807, 2.05) is 0 Å². The van der Waals surface area contributed by atoms with Crippen LogP contribution in [0.2, 0.25) is 0 Å². The molecule has 0 saturated carbocycles. The van der Waals surface area contributed by atoms with Crippen molar-refractivity contribution in [1.82, 2.24) is 5.32 Å². The van der Waals surface area contributed by atoms with Crippen LogP contribution in [0.4, 0.5) is 0 Å². The van der Waals surface area contributed by atoms with E-state index in [1.54, 1.807) is 0 Å². The lowest BCUT2D eigenvalue weighted by Gasteiger charge is -2.41. The number of ketones is 1. The fourth-order valence-electron chi connectivity index (χ4n) is 4.45. The van der Waals surface area contributed by atoms with Crippen molar-refractivity contribution in [3.8, 4) is 0 Å². The Morgan fingerprint density at radius 1 is 0.875 bits per heavy atom. The second-order valence-electron chi connectivity index (χ2n) is 7.23. The zero-order chi connectivity index (χ0) is 16.4. The topological polar surface area (TPSA) is 29.1 Å². The Morgan fingerprint density at radius 2 is 1.62 bits per heavy atom. The van der Waals surface area contributed by atoms with Crippen molar-refractivity contribution in [2.45, 2.75) is 43.9 Å². The minimum atomic E-state index is -0.198. The summed E-state index contributed by atoms with van der Waals surface area (Å²) in [6.07, 6.45) is 5.70. The molecule has 2 nitrogen and oxygen atoms in total. The van der Waals surface area contributed by atoms with Crippen LogP contribution in [-0.2, 0) is 29.5 Å². The first-order valence-electron chi connectivity index (χ1n) is 9.18. The van der Waals surface area contributed by atoms with E-state index in [2.05, 4.69) is 53.8 Å². The molecular formula is C22H25NO. The molecule has 2 aromatic carbocycles. The maximum Gasteiger partial charge on any atom is 0.143 e. The van der Waals surface area contributed by atoms with Gasteiger partial charge in [-0.2, -0.15) is 0 Å². The molecule has 1 spiro atoms. The van der Waals surface area contributed by atoms with E-state index in [0.717, 1.165) is 51.6 Å². The molecule has 0 amide bonds. The smallest absolute Gasteiger partial charge is 0.143 e. The standard InChI is InChI=1S/C22H25NO/c24-21-11-9-19-16-18(7-6-17-4-2-1-3-5-17)8-10-20(19)22(21)12-14-23-15-13-22/h1-5,8,10,16,23H,6-7,9,11-15H2. The van der Waals surface area contributed by atoms with Crippen LogP contribution in [0.25, 0.3) is 0 Å². The number of fused-ring (bicyclic) bond motifs is 2. The molecule has 1 saturated heterocycles. The number of rotatable bonds is 3. The molecule has 2 aliphatic rings. The Kier molecular flexibility index (Phi) is 4.24. The highest BCUT2D eigenvalue weighted by atomic mass is 16.1. The predicted molar refractivity (Wildman–Crippen MR) is 97.4 cm³/mol. The summed E-state index contributed by atoms with van der Waals surface area (Å²) >= 11 is 0. The Bertz CT molecular complexity index is 729. The summed E-state index contributed by atoms with van der Waals surface area (Å²) in [5, 5.41) is 3.41. The minimum Gasteiger partial charge on any atom is -0.317 e. The van der Waals surface area contributed by atoms with Crippen LogP contribution in [0.5, 0.6) is 0 Å². The van der Waals surface area contributed by atoms with Gasteiger partial charge in [0, 0.05) is 6.42 Å². The minimum absolute atomic E-state index is 0.198. The van der Waals surface area contributed by atoms with E-state index >= 15 is 0 Å². The summed E-state index contributed by atoms with van der Waals surface area (Å²) in [5.41, 5.74) is 5.33. The third-order valence-electron chi connectivity index (χ3n) is 5.84. The largest absolute Gasteiger partial charge is 0.317 e. The van der Waals surface area contributed by atoms with E-state index in [-0.39, 0.29) is 5.41 Å². The van der Waals surface area contributed by atoms with Gasteiger partial charge in [0.15, 0.2) is 0 Å². The number of hydrogen-bond donors (Lipinski definition) is 1. The van der Waals surface area contributed by atoms with Crippen LogP contribution >= 0.6 is 0 Å². The summed E-state index contributed by atoms with van der Waals surface area (Å²) in [7, 11) is 0. The molecule has 4 rings (SSSR count). The lowest BCUT2D eigenvalue weighted by Crippen LogP contribution is -2.48. The third kappa shape index (κ3) is 2.80. The Hall–Kier alpha value is -1.93. The summed E-state index contributed by atoms with van der Waals surface area (Å²) < 4.78 is 0. The van der Waals surface area contributed by atoms with E-state index in [4.69, 9.17) is 0 Å². The summed E-state index contributed by atoms with van der Waals surface area (Å²) in [5.74, 6) is 0.466. The highest BCUT2D eigenvalue weighted by Crippen LogP contribution is 2.41. The van der Waals surface area contributed by atoms with Gasteiger partial charge in [-0.05, 0) is 67.4 Å². The molecule has 2 heteroatoms. The highest BCUT2D eigenvalue weighted by Gasteiger charge is 2.43. The van der Waals surface area contributed by atoms with Crippen LogP contribution in [0.1, 0.15) is 41.5 Å². The van der Waals surface area contributed by atoms with Crippen molar-refractivity contribution >= 4 is 5.78 Å². The number of carbonyl (C=O) groups is 1. The second-order valence-corrected chi connectivity index (χ2v) is 7.23. The molecule has 1 aliphatic carbocycles. The quantitative estimate of drug-likeness (QED) is 0.936. The second kappa shape index (κ2) is 6.52. The lowest BCUT2D eigenvalue weighted by molar-refractivity contribution is -0.126. The van der Waals surface area contributed by atoms with Crippen molar-refractivity contribution < 1.29 is 4.79 Å². The molecule has 124 valence electrons. The Labute approximate surface area is 144 Å². The monoisotopic (exact) mass is 319 g/mol. The molecule has 0 aromatic heterocycles. The van der Waals surface area contributed by atoms with Gasteiger partial charge in [-0.25, -0.2) is 0 Å². The van der Waals surface area contributed by atoms with E-state index in [9.17, 15) is 4.79 Å². The molecule has 0 unspecified atom stereocenters. The fourth-order valence-corrected chi connectivity index (χ4v) is 4.45. The zero-order valence-corrected chi connectivity index (χ0v) is 14.2. The third-order valence-corrected chi connectivity index (χ3v) is 5.84. The number of piperidine rings is 1. The van der Waals surface area contributed by atoms with Crippen molar-refractivity contribution in [2.75, 3.05) is 13.1 Å². The number of aryl methyl sites for hydroxylation is 3. The van der Waals surface area contributed by atoms with Crippen molar-refractivity contribution in [1.29, 1.82) is 0 Å². The molecule has 1 aliphatic heterocycles. The SMILES string of the molecule is O=C1CCc2cc(CCc3ccccc3)ccc2C12CCNCC2. The van der Waals surface area contributed by atoms with Crippen LogP contribution in [0.3, 0.4) is 0 Å². The van der Waals surface area contributed by atoms with Gasteiger partial charge in [-0.1, -0.05) is 48.5 Å². The van der Waals surface area contributed by atoms with Gasteiger partial charge in [0.2, 0.25) is 0 Å². The average Bonchev–Trinajstić information content (AvgIpc) is 2.65. The molecule has 1 heterocycles. The first-order chi connectivity index (χ1) is 11.8. The fraction of sp³-hybridized carbons (Fsp3) is 0.409. The highest BCUT2D eigenvalue weighted by molar-refractivity contribution is 5.92. The first-order valence-corrected chi connectivity index (χ1v) is 9.18. The Morgan fingerprint density at radius 3 is 2.42 bits per heavy atom. The van der Waals surface area contributed by atoms with Gasteiger partial charge < -0.3 is 5.32 Å². The van der Waals surface area contributed by atoms with Crippen molar-refractivity contribution in [3.05, 3.63) is 70.8 Å². The van der Waals surface area contributed by atoms with E-state index in [0.29, 0.717) is 5.78 Å². The molecule has 1 fully saturated rings. The molecular weight excluding hydrogens is 294 g/mol. The number of benzene rings is 2. The average molecular weight is 319 g/mol. The van der Waals surface area contributed by atoms with Gasteiger partial charge in [0.1, 0.15) is 5.78 Å².